The van der Waals surface area contributed by atoms with Crippen molar-refractivity contribution in [3.05, 3.63) is 30.1 Å². The molecule has 2 rings (SSSR count). The van der Waals surface area contributed by atoms with Crippen molar-refractivity contribution >= 4 is 11.7 Å². The number of carbonyl (C=O) groups excluding carboxylic acids is 1. The summed E-state index contributed by atoms with van der Waals surface area (Å²) in [6.45, 7) is 6.53. The van der Waals surface area contributed by atoms with Crippen LogP contribution in [0.5, 0.6) is 0 Å². The molecule has 0 spiro atoms. The quantitative estimate of drug-likeness (QED) is 0.848. The van der Waals surface area contributed by atoms with Gasteiger partial charge in [-0.05, 0) is 62.3 Å². The smallest absolute Gasteiger partial charge is 0.331 e. The highest BCUT2D eigenvalue weighted by Crippen LogP contribution is 2.43. The Morgan fingerprint density at radius 1 is 1.29 bits per heavy atom. The summed E-state index contributed by atoms with van der Waals surface area (Å²) in [5.41, 5.74) is 0.121. The van der Waals surface area contributed by atoms with Crippen LogP contribution in [0, 0.1) is 11.2 Å². The summed E-state index contributed by atoms with van der Waals surface area (Å²) in [4.78, 5) is 12.5. The summed E-state index contributed by atoms with van der Waals surface area (Å²) in [5, 5.41) is 3.32. The minimum absolute atomic E-state index is 0.0814. The predicted molar refractivity (Wildman–Crippen MR) is 81.6 cm³/mol. The normalized spacial score (nSPS) is 24.4. The second-order valence-electron chi connectivity index (χ2n) is 6.63. The average molecular weight is 293 g/mol. The van der Waals surface area contributed by atoms with E-state index in [1.807, 2.05) is 6.92 Å². The van der Waals surface area contributed by atoms with Crippen molar-refractivity contribution in [2.45, 2.75) is 52.0 Å². The maximum Gasteiger partial charge on any atom is 0.331 e. The number of carbonyl (C=O) groups is 1. The summed E-state index contributed by atoms with van der Waals surface area (Å²) < 4.78 is 18.3. The molecule has 1 aliphatic carbocycles. The Kier molecular flexibility index (Phi) is 4.55. The first kappa shape index (κ1) is 15.8. The van der Waals surface area contributed by atoms with E-state index in [9.17, 15) is 9.18 Å². The zero-order valence-electron chi connectivity index (χ0n) is 13.0. The fourth-order valence-electron chi connectivity index (χ4n) is 3.27. The van der Waals surface area contributed by atoms with E-state index >= 15 is 0 Å². The Balaban J connectivity index is 2.27. The number of rotatable bonds is 4. The highest BCUT2D eigenvalue weighted by atomic mass is 19.1. The van der Waals surface area contributed by atoms with Crippen molar-refractivity contribution in [3.63, 3.8) is 0 Å². The first-order chi connectivity index (χ1) is 9.87. The molecule has 3 nitrogen and oxygen atoms in total. The molecule has 4 heteroatoms. The van der Waals surface area contributed by atoms with Crippen molar-refractivity contribution in [3.8, 4) is 0 Å². The molecule has 0 radical (unpaired) electrons. The Hall–Kier alpha value is -1.58. The highest BCUT2D eigenvalue weighted by Gasteiger charge is 2.46. The molecule has 0 aliphatic heterocycles. The van der Waals surface area contributed by atoms with E-state index in [-0.39, 0.29) is 17.2 Å². The summed E-state index contributed by atoms with van der Waals surface area (Å²) in [7, 11) is 0. The van der Waals surface area contributed by atoms with Crippen LogP contribution in [0.15, 0.2) is 24.3 Å². The van der Waals surface area contributed by atoms with Gasteiger partial charge in [0.05, 0.1) is 6.61 Å². The molecule has 1 unspecified atom stereocenters. The zero-order valence-corrected chi connectivity index (χ0v) is 13.0. The SMILES string of the molecule is CCOC(=O)C1(Nc2ccc(F)cc2)CCCC(C)(C)C1. The Bertz CT molecular complexity index is 498. The average Bonchev–Trinajstić information content (AvgIpc) is 2.40. The summed E-state index contributed by atoms with van der Waals surface area (Å²) in [6.07, 6.45) is 3.53. The summed E-state index contributed by atoms with van der Waals surface area (Å²) in [6, 6.07) is 6.13. The highest BCUT2D eigenvalue weighted by molar-refractivity contribution is 5.85. The van der Waals surface area contributed by atoms with Gasteiger partial charge in [0.15, 0.2) is 0 Å². The first-order valence-electron chi connectivity index (χ1n) is 7.58. The molecule has 1 aromatic rings. The standard InChI is InChI=1S/C17H24FNO2/c1-4-21-15(20)17(11-5-10-16(2,3)12-17)19-14-8-6-13(18)7-9-14/h6-9,19H,4-5,10-12H2,1-3H3. The van der Waals surface area contributed by atoms with Crippen LogP contribution in [-0.4, -0.2) is 18.1 Å². The summed E-state index contributed by atoms with van der Waals surface area (Å²) >= 11 is 0. The number of halogens is 1. The van der Waals surface area contributed by atoms with Gasteiger partial charge in [-0.2, -0.15) is 0 Å². The molecule has 0 heterocycles. The first-order valence-corrected chi connectivity index (χ1v) is 7.58. The lowest BCUT2D eigenvalue weighted by Gasteiger charge is -2.44. The largest absolute Gasteiger partial charge is 0.464 e. The maximum absolute atomic E-state index is 13.0. The third kappa shape index (κ3) is 3.74. The van der Waals surface area contributed by atoms with Gasteiger partial charge in [0.1, 0.15) is 11.4 Å². The van der Waals surface area contributed by atoms with E-state index in [1.165, 1.54) is 12.1 Å². The molecule has 1 saturated carbocycles. The van der Waals surface area contributed by atoms with Crippen LogP contribution in [-0.2, 0) is 9.53 Å². The third-order valence-corrected chi connectivity index (χ3v) is 4.13. The molecule has 0 saturated heterocycles. The third-order valence-electron chi connectivity index (χ3n) is 4.13. The molecule has 0 bridgehead atoms. The number of hydrogen-bond donors (Lipinski definition) is 1. The van der Waals surface area contributed by atoms with Crippen LogP contribution in [0.3, 0.4) is 0 Å². The second kappa shape index (κ2) is 6.04. The van der Waals surface area contributed by atoms with Crippen LogP contribution in [0.1, 0.15) is 46.5 Å². The van der Waals surface area contributed by atoms with E-state index in [2.05, 4.69) is 19.2 Å². The Labute approximate surface area is 125 Å². The molecule has 1 aliphatic rings. The Morgan fingerprint density at radius 3 is 2.52 bits per heavy atom. The number of anilines is 1. The topological polar surface area (TPSA) is 38.3 Å². The van der Waals surface area contributed by atoms with Gasteiger partial charge in [-0.15, -0.1) is 0 Å². The Morgan fingerprint density at radius 2 is 1.95 bits per heavy atom. The van der Waals surface area contributed by atoms with Crippen LogP contribution in [0.4, 0.5) is 10.1 Å². The number of benzene rings is 1. The second-order valence-corrected chi connectivity index (χ2v) is 6.63. The predicted octanol–water partition coefficient (Wildman–Crippen LogP) is 4.14. The minimum Gasteiger partial charge on any atom is -0.464 e. The van der Waals surface area contributed by atoms with E-state index in [4.69, 9.17) is 4.74 Å². The van der Waals surface area contributed by atoms with Gasteiger partial charge in [0, 0.05) is 5.69 Å². The van der Waals surface area contributed by atoms with Crippen molar-refractivity contribution in [2.75, 3.05) is 11.9 Å². The molecule has 21 heavy (non-hydrogen) atoms. The van der Waals surface area contributed by atoms with Crippen molar-refractivity contribution in [1.82, 2.24) is 0 Å². The van der Waals surface area contributed by atoms with Crippen molar-refractivity contribution in [2.24, 2.45) is 5.41 Å². The molecule has 1 N–H and O–H groups in total. The molecular formula is C17H24FNO2. The van der Waals surface area contributed by atoms with Gasteiger partial charge in [-0.25, -0.2) is 9.18 Å². The molecule has 116 valence electrons. The minimum atomic E-state index is -0.713. The lowest BCUT2D eigenvalue weighted by Crippen LogP contribution is -2.52. The van der Waals surface area contributed by atoms with Gasteiger partial charge in [0.25, 0.3) is 0 Å². The fraction of sp³-hybridized carbons (Fsp3) is 0.588. The molecular weight excluding hydrogens is 269 g/mol. The molecule has 0 amide bonds. The van der Waals surface area contributed by atoms with Crippen molar-refractivity contribution < 1.29 is 13.9 Å². The molecule has 1 fully saturated rings. The number of hydrogen-bond acceptors (Lipinski definition) is 3. The lowest BCUT2D eigenvalue weighted by atomic mass is 9.68. The van der Waals surface area contributed by atoms with Crippen LogP contribution in [0.25, 0.3) is 0 Å². The zero-order chi connectivity index (χ0) is 15.5. The van der Waals surface area contributed by atoms with Gasteiger partial charge >= 0.3 is 5.97 Å². The summed E-state index contributed by atoms with van der Waals surface area (Å²) in [5.74, 6) is -0.489. The van der Waals surface area contributed by atoms with Crippen LogP contribution >= 0.6 is 0 Å². The van der Waals surface area contributed by atoms with Gasteiger partial charge < -0.3 is 10.1 Å². The molecule has 0 aromatic heterocycles. The molecule has 1 aromatic carbocycles. The van der Waals surface area contributed by atoms with Crippen LogP contribution in [0.2, 0.25) is 0 Å². The van der Waals surface area contributed by atoms with Gasteiger partial charge in [-0.1, -0.05) is 13.8 Å². The van der Waals surface area contributed by atoms with E-state index in [1.54, 1.807) is 12.1 Å². The van der Waals surface area contributed by atoms with Gasteiger partial charge in [0.2, 0.25) is 0 Å². The monoisotopic (exact) mass is 293 g/mol. The van der Waals surface area contributed by atoms with Crippen LogP contribution < -0.4 is 5.32 Å². The maximum atomic E-state index is 13.0. The van der Waals surface area contributed by atoms with E-state index < -0.39 is 5.54 Å². The fourth-order valence-corrected chi connectivity index (χ4v) is 3.27. The lowest BCUT2D eigenvalue weighted by molar-refractivity contribution is -0.151. The molecule has 1 atom stereocenters. The van der Waals surface area contributed by atoms with Gasteiger partial charge in [-0.3, -0.25) is 0 Å². The van der Waals surface area contributed by atoms with E-state index in [0.717, 1.165) is 31.4 Å². The van der Waals surface area contributed by atoms with Crippen molar-refractivity contribution in [1.29, 1.82) is 0 Å². The number of ether oxygens (including phenoxy) is 1. The number of esters is 1. The number of nitrogens with one attached hydrogen (secondary N) is 1. The van der Waals surface area contributed by atoms with E-state index in [0.29, 0.717) is 6.61 Å².